The van der Waals surface area contributed by atoms with Gasteiger partial charge in [-0.05, 0) is 45.2 Å². The molecule has 0 radical (unpaired) electrons. The average molecular weight is 324 g/mol. The fourth-order valence-electron chi connectivity index (χ4n) is 3.24. The molecule has 1 aromatic heterocycles. The van der Waals surface area contributed by atoms with E-state index in [-0.39, 0.29) is 11.8 Å². The van der Waals surface area contributed by atoms with Crippen LogP contribution < -0.4 is 10.2 Å². The molecule has 6 nitrogen and oxygen atoms in total. The molecular weight excluding hydrogens is 304 g/mol. The van der Waals surface area contributed by atoms with E-state index >= 15 is 0 Å². The molecule has 0 bridgehead atoms. The lowest BCUT2D eigenvalue weighted by atomic mass is 9.93. The first-order chi connectivity index (χ1) is 11.5. The van der Waals surface area contributed by atoms with Gasteiger partial charge in [0.2, 0.25) is 5.91 Å². The molecule has 1 saturated carbocycles. The van der Waals surface area contributed by atoms with Crippen molar-refractivity contribution in [3.05, 3.63) is 42.2 Å². The predicted molar refractivity (Wildman–Crippen MR) is 91.1 cm³/mol. The Kier molecular flexibility index (Phi) is 3.23. The summed E-state index contributed by atoms with van der Waals surface area (Å²) in [4.78, 5) is 27.2. The Morgan fingerprint density at radius 2 is 2.04 bits per heavy atom. The van der Waals surface area contributed by atoms with Crippen LogP contribution in [0.4, 0.5) is 11.4 Å². The van der Waals surface area contributed by atoms with Gasteiger partial charge in [-0.15, -0.1) is 0 Å². The highest BCUT2D eigenvalue weighted by molar-refractivity contribution is 6.18. The van der Waals surface area contributed by atoms with Crippen LogP contribution in [0, 0.1) is 0 Å². The Hall–Kier alpha value is -2.63. The molecule has 6 heteroatoms. The highest BCUT2D eigenvalue weighted by Gasteiger charge is 2.44. The second-order valence-corrected chi connectivity index (χ2v) is 6.96. The minimum Gasteiger partial charge on any atom is -0.322 e. The van der Waals surface area contributed by atoms with E-state index in [0.29, 0.717) is 23.0 Å². The third-order valence-corrected chi connectivity index (χ3v) is 5.01. The number of amides is 2. The van der Waals surface area contributed by atoms with Crippen LogP contribution in [0.5, 0.6) is 0 Å². The Labute approximate surface area is 140 Å². The summed E-state index contributed by atoms with van der Waals surface area (Å²) in [5.41, 5.74) is 0.911. The van der Waals surface area contributed by atoms with Gasteiger partial charge in [-0.3, -0.25) is 19.2 Å². The average Bonchev–Trinajstić information content (AvgIpc) is 2.95. The van der Waals surface area contributed by atoms with Crippen molar-refractivity contribution in [2.45, 2.75) is 44.7 Å². The molecule has 1 N–H and O–H groups in total. The van der Waals surface area contributed by atoms with Crippen LogP contribution in [-0.2, 0) is 4.79 Å². The maximum atomic E-state index is 13.2. The minimum atomic E-state index is -0.968. The number of hydrogen-bond acceptors (Lipinski definition) is 3. The summed E-state index contributed by atoms with van der Waals surface area (Å²) in [5.74, 6) is -0.395. The van der Waals surface area contributed by atoms with Crippen LogP contribution >= 0.6 is 0 Å². The van der Waals surface area contributed by atoms with Crippen LogP contribution in [0.1, 0.15) is 49.5 Å². The normalized spacial score (nSPS) is 19.4. The molecule has 0 saturated heterocycles. The van der Waals surface area contributed by atoms with Crippen LogP contribution in [0.25, 0.3) is 0 Å². The highest BCUT2D eigenvalue weighted by atomic mass is 16.2. The molecule has 1 aromatic carbocycles. The highest BCUT2D eigenvalue weighted by Crippen LogP contribution is 2.38. The smallest absolute Gasteiger partial charge is 0.262 e. The van der Waals surface area contributed by atoms with Gasteiger partial charge in [-0.1, -0.05) is 12.1 Å². The number of nitrogens with zero attached hydrogens (tertiary/aromatic N) is 3. The summed E-state index contributed by atoms with van der Waals surface area (Å²) < 4.78 is 1.87. The molecule has 24 heavy (non-hydrogen) atoms. The molecular formula is C18H20N4O2. The zero-order valence-corrected chi connectivity index (χ0v) is 13.8. The number of para-hydroxylation sites is 2. The van der Waals surface area contributed by atoms with E-state index in [1.165, 1.54) is 6.42 Å². The van der Waals surface area contributed by atoms with Crippen molar-refractivity contribution in [1.82, 2.24) is 9.78 Å². The predicted octanol–water partition coefficient (Wildman–Crippen LogP) is 2.99. The van der Waals surface area contributed by atoms with Gasteiger partial charge in [0.1, 0.15) is 5.54 Å². The quantitative estimate of drug-likeness (QED) is 0.923. The maximum absolute atomic E-state index is 13.2. The molecule has 2 heterocycles. The van der Waals surface area contributed by atoms with Crippen molar-refractivity contribution in [3.8, 4) is 0 Å². The van der Waals surface area contributed by atoms with Crippen LogP contribution in [0.15, 0.2) is 36.7 Å². The minimum absolute atomic E-state index is 0.194. The lowest BCUT2D eigenvalue weighted by molar-refractivity contribution is -0.120. The summed E-state index contributed by atoms with van der Waals surface area (Å²) in [7, 11) is 0. The maximum Gasteiger partial charge on any atom is 0.262 e. The fourth-order valence-corrected chi connectivity index (χ4v) is 3.24. The Balaban J connectivity index is 1.74. The van der Waals surface area contributed by atoms with Gasteiger partial charge < -0.3 is 5.32 Å². The molecule has 1 aliphatic carbocycles. The lowest BCUT2D eigenvalue weighted by Gasteiger charge is -2.41. The zero-order chi connectivity index (χ0) is 16.9. The molecule has 0 spiro atoms. The van der Waals surface area contributed by atoms with E-state index in [1.54, 1.807) is 37.2 Å². The molecule has 0 atom stereocenters. The second kappa shape index (κ2) is 5.19. The van der Waals surface area contributed by atoms with Gasteiger partial charge in [0, 0.05) is 6.20 Å². The molecule has 1 fully saturated rings. The summed E-state index contributed by atoms with van der Waals surface area (Å²) >= 11 is 0. The first-order valence-electron chi connectivity index (χ1n) is 8.27. The van der Waals surface area contributed by atoms with Crippen LogP contribution in [-0.4, -0.2) is 27.1 Å². The standard InChI is InChI=1S/C18H20N4O2/c1-18(2)17(24)20-14-8-3-4-9-15(14)22(18)16(23)12-10-19-21(11-12)13-6-5-7-13/h3-4,8-11,13H,5-7H2,1-2H3,(H,20,24). The Bertz CT molecular complexity index is 820. The third kappa shape index (κ3) is 2.13. The van der Waals surface area contributed by atoms with E-state index in [4.69, 9.17) is 0 Å². The fraction of sp³-hybridized carbons (Fsp3) is 0.389. The zero-order valence-electron chi connectivity index (χ0n) is 13.8. The van der Waals surface area contributed by atoms with Crippen molar-refractivity contribution >= 4 is 23.2 Å². The molecule has 2 amide bonds. The molecule has 0 unspecified atom stereocenters. The van der Waals surface area contributed by atoms with Crippen LogP contribution in [0.2, 0.25) is 0 Å². The summed E-state index contributed by atoms with van der Waals surface area (Å²) in [6, 6.07) is 7.77. The first-order valence-corrected chi connectivity index (χ1v) is 8.27. The van der Waals surface area contributed by atoms with Crippen molar-refractivity contribution in [2.75, 3.05) is 10.2 Å². The van der Waals surface area contributed by atoms with Crippen molar-refractivity contribution < 1.29 is 9.59 Å². The Morgan fingerprint density at radius 3 is 2.75 bits per heavy atom. The number of benzene rings is 1. The summed E-state index contributed by atoms with van der Waals surface area (Å²) in [5, 5.41) is 7.22. The number of fused-ring (bicyclic) bond motifs is 1. The number of rotatable bonds is 2. The van der Waals surface area contributed by atoms with E-state index in [0.717, 1.165) is 12.8 Å². The van der Waals surface area contributed by atoms with E-state index in [9.17, 15) is 9.59 Å². The molecule has 1 aliphatic heterocycles. The second-order valence-electron chi connectivity index (χ2n) is 6.96. The number of hydrogen-bond donors (Lipinski definition) is 1. The van der Waals surface area contributed by atoms with Gasteiger partial charge in [0.15, 0.2) is 0 Å². The largest absolute Gasteiger partial charge is 0.322 e. The van der Waals surface area contributed by atoms with Gasteiger partial charge in [-0.2, -0.15) is 5.10 Å². The topological polar surface area (TPSA) is 67.2 Å². The molecule has 2 aliphatic rings. The van der Waals surface area contributed by atoms with Gasteiger partial charge >= 0.3 is 0 Å². The summed E-state index contributed by atoms with van der Waals surface area (Å²) in [6.07, 6.45) is 6.83. The van der Waals surface area contributed by atoms with Crippen molar-refractivity contribution in [3.63, 3.8) is 0 Å². The number of carbonyl (C=O) groups excluding carboxylic acids is 2. The number of aromatic nitrogens is 2. The molecule has 4 rings (SSSR count). The van der Waals surface area contributed by atoms with Gasteiger partial charge in [0.05, 0.1) is 29.2 Å². The van der Waals surface area contributed by atoms with Crippen molar-refractivity contribution in [2.24, 2.45) is 0 Å². The van der Waals surface area contributed by atoms with Crippen LogP contribution in [0.3, 0.4) is 0 Å². The number of nitrogens with one attached hydrogen (secondary N) is 1. The van der Waals surface area contributed by atoms with E-state index in [1.807, 2.05) is 22.9 Å². The number of carbonyl (C=O) groups is 2. The third-order valence-electron chi connectivity index (χ3n) is 5.01. The molecule has 124 valence electrons. The lowest BCUT2D eigenvalue weighted by Crippen LogP contribution is -2.58. The monoisotopic (exact) mass is 324 g/mol. The van der Waals surface area contributed by atoms with Crippen molar-refractivity contribution in [1.29, 1.82) is 0 Å². The van der Waals surface area contributed by atoms with Gasteiger partial charge in [-0.25, -0.2) is 0 Å². The number of anilines is 2. The SMILES string of the molecule is CC1(C)C(=O)Nc2ccccc2N1C(=O)c1cnn(C2CCC2)c1. The summed E-state index contributed by atoms with van der Waals surface area (Å²) in [6.45, 7) is 3.51. The molecule has 2 aromatic rings. The van der Waals surface area contributed by atoms with E-state index < -0.39 is 5.54 Å². The van der Waals surface area contributed by atoms with E-state index in [2.05, 4.69) is 10.4 Å². The Morgan fingerprint density at radius 1 is 1.29 bits per heavy atom. The first kappa shape index (κ1) is 14.9. The van der Waals surface area contributed by atoms with Gasteiger partial charge in [0.25, 0.3) is 5.91 Å².